The van der Waals surface area contributed by atoms with Crippen LogP contribution >= 0.6 is 0 Å². The molecule has 0 heterocycles. The van der Waals surface area contributed by atoms with Crippen molar-refractivity contribution in [2.45, 2.75) is 18.9 Å². The highest BCUT2D eigenvalue weighted by Crippen LogP contribution is 2.28. The van der Waals surface area contributed by atoms with Gasteiger partial charge in [0.2, 0.25) is 0 Å². The first-order valence-corrected chi connectivity index (χ1v) is 4.92. The second kappa shape index (κ2) is 3.53. The number of nitrogens with two attached hydrogens (primary N) is 1. The van der Waals surface area contributed by atoms with Crippen molar-refractivity contribution in [3.05, 3.63) is 29.6 Å². The summed E-state index contributed by atoms with van der Waals surface area (Å²) in [6.07, 6.45) is 2.05. The van der Waals surface area contributed by atoms with Crippen LogP contribution in [0, 0.1) is 5.82 Å². The third kappa shape index (κ3) is 1.79. The molecule has 1 aromatic carbocycles. The average molecular weight is 208 g/mol. The fourth-order valence-electron chi connectivity index (χ4n) is 1.54. The van der Waals surface area contributed by atoms with E-state index in [1.807, 2.05) is 0 Å². The second-order valence-electron chi connectivity index (χ2n) is 3.85. The second-order valence-corrected chi connectivity index (χ2v) is 3.85. The quantitative estimate of drug-likeness (QED) is 0.751. The van der Waals surface area contributed by atoms with Crippen molar-refractivity contribution < 1.29 is 9.18 Å². The summed E-state index contributed by atoms with van der Waals surface area (Å²) in [5, 5.41) is 0. The number of nitrogens with zero attached hydrogens (tertiary/aromatic N) is 1. The van der Waals surface area contributed by atoms with Crippen LogP contribution in [0.4, 0.5) is 10.1 Å². The van der Waals surface area contributed by atoms with Crippen molar-refractivity contribution in [2.24, 2.45) is 0 Å². The molecule has 1 aliphatic carbocycles. The molecule has 0 aromatic heterocycles. The SMILES string of the molecule is CN(C(=O)c1cccc(F)c1N)C1CC1. The zero-order valence-corrected chi connectivity index (χ0v) is 8.53. The van der Waals surface area contributed by atoms with E-state index in [-0.39, 0.29) is 17.2 Å². The number of hydrogen-bond acceptors (Lipinski definition) is 2. The molecular formula is C11H13FN2O. The summed E-state index contributed by atoms with van der Waals surface area (Å²) < 4.78 is 13.1. The van der Waals surface area contributed by atoms with Gasteiger partial charge in [0.1, 0.15) is 5.82 Å². The molecule has 1 amide bonds. The molecule has 1 aromatic rings. The molecule has 0 bridgehead atoms. The minimum absolute atomic E-state index is 0.0602. The van der Waals surface area contributed by atoms with Gasteiger partial charge in [-0.2, -0.15) is 0 Å². The number of anilines is 1. The fraction of sp³-hybridized carbons (Fsp3) is 0.364. The summed E-state index contributed by atoms with van der Waals surface area (Å²) in [5.41, 5.74) is 5.71. The van der Waals surface area contributed by atoms with Gasteiger partial charge in [-0.25, -0.2) is 4.39 Å². The summed E-state index contributed by atoms with van der Waals surface area (Å²) in [5.74, 6) is -0.737. The van der Waals surface area contributed by atoms with E-state index in [1.54, 1.807) is 18.0 Å². The Morgan fingerprint density at radius 3 is 2.80 bits per heavy atom. The van der Waals surface area contributed by atoms with Gasteiger partial charge in [0.25, 0.3) is 5.91 Å². The van der Waals surface area contributed by atoms with Crippen LogP contribution in [0.3, 0.4) is 0 Å². The lowest BCUT2D eigenvalue weighted by molar-refractivity contribution is 0.0785. The number of para-hydroxylation sites is 1. The lowest BCUT2D eigenvalue weighted by Crippen LogP contribution is -2.29. The summed E-state index contributed by atoms with van der Waals surface area (Å²) in [4.78, 5) is 13.5. The third-order valence-electron chi connectivity index (χ3n) is 2.70. The van der Waals surface area contributed by atoms with Gasteiger partial charge in [0.05, 0.1) is 11.3 Å². The molecular weight excluding hydrogens is 195 g/mol. The Hall–Kier alpha value is -1.58. The van der Waals surface area contributed by atoms with Crippen molar-refractivity contribution in [2.75, 3.05) is 12.8 Å². The van der Waals surface area contributed by atoms with Crippen LogP contribution in [0.25, 0.3) is 0 Å². The van der Waals surface area contributed by atoms with Crippen LogP contribution in [-0.2, 0) is 0 Å². The van der Waals surface area contributed by atoms with Crippen molar-refractivity contribution in [1.29, 1.82) is 0 Å². The van der Waals surface area contributed by atoms with Gasteiger partial charge in [-0.3, -0.25) is 4.79 Å². The van der Waals surface area contributed by atoms with Gasteiger partial charge >= 0.3 is 0 Å². The molecule has 0 spiro atoms. The number of amides is 1. The van der Waals surface area contributed by atoms with Crippen molar-refractivity contribution in [1.82, 2.24) is 4.90 Å². The molecule has 2 rings (SSSR count). The topological polar surface area (TPSA) is 46.3 Å². The summed E-state index contributed by atoms with van der Waals surface area (Å²) >= 11 is 0. The predicted molar refractivity (Wildman–Crippen MR) is 55.9 cm³/mol. The smallest absolute Gasteiger partial charge is 0.256 e. The Balaban J connectivity index is 2.28. The Morgan fingerprint density at radius 1 is 1.53 bits per heavy atom. The lowest BCUT2D eigenvalue weighted by Gasteiger charge is -2.17. The van der Waals surface area contributed by atoms with Gasteiger partial charge < -0.3 is 10.6 Å². The zero-order chi connectivity index (χ0) is 11.0. The minimum Gasteiger partial charge on any atom is -0.396 e. The molecule has 0 unspecified atom stereocenters. The molecule has 4 heteroatoms. The molecule has 1 saturated carbocycles. The lowest BCUT2D eigenvalue weighted by atomic mass is 10.1. The predicted octanol–water partition coefficient (Wildman–Crippen LogP) is 1.64. The summed E-state index contributed by atoms with van der Waals surface area (Å²) in [6, 6.07) is 4.61. The van der Waals surface area contributed by atoms with E-state index in [0.29, 0.717) is 6.04 Å². The van der Waals surface area contributed by atoms with E-state index < -0.39 is 5.82 Å². The zero-order valence-electron chi connectivity index (χ0n) is 8.53. The maximum atomic E-state index is 13.1. The first-order chi connectivity index (χ1) is 7.11. The van der Waals surface area contributed by atoms with Crippen LogP contribution in [0.2, 0.25) is 0 Å². The van der Waals surface area contributed by atoms with Crippen molar-refractivity contribution >= 4 is 11.6 Å². The number of benzene rings is 1. The Kier molecular flexibility index (Phi) is 2.34. The van der Waals surface area contributed by atoms with E-state index in [9.17, 15) is 9.18 Å². The number of rotatable bonds is 2. The number of nitrogen functional groups attached to an aromatic ring is 1. The van der Waals surface area contributed by atoms with E-state index in [1.165, 1.54) is 12.1 Å². The van der Waals surface area contributed by atoms with E-state index in [0.717, 1.165) is 12.8 Å². The number of carbonyl (C=O) groups is 1. The average Bonchev–Trinajstić information content (AvgIpc) is 3.03. The van der Waals surface area contributed by atoms with Gasteiger partial charge in [0, 0.05) is 13.1 Å². The van der Waals surface area contributed by atoms with E-state index >= 15 is 0 Å². The fourth-order valence-corrected chi connectivity index (χ4v) is 1.54. The Labute approximate surface area is 87.7 Å². The van der Waals surface area contributed by atoms with E-state index in [4.69, 9.17) is 5.73 Å². The number of halogens is 1. The Bertz CT molecular complexity index is 402. The first kappa shape index (κ1) is 9.96. The monoisotopic (exact) mass is 208 g/mol. The van der Waals surface area contributed by atoms with Crippen LogP contribution in [0.15, 0.2) is 18.2 Å². The van der Waals surface area contributed by atoms with Crippen LogP contribution < -0.4 is 5.73 Å². The molecule has 0 radical (unpaired) electrons. The summed E-state index contributed by atoms with van der Waals surface area (Å²) in [7, 11) is 1.73. The third-order valence-corrected chi connectivity index (χ3v) is 2.70. The Morgan fingerprint density at radius 2 is 2.20 bits per heavy atom. The molecule has 0 aliphatic heterocycles. The van der Waals surface area contributed by atoms with E-state index in [2.05, 4.69) is 0 Å². The highest BCUT2D eigenvalue weighted by Gasteiger charge is 2.30. The molecule has 15 heavy (non-hydrogen) atoms. The molecule has 0 atom stereocenters. The molecule has 3 nitrogen and oxygen atoms in total. The van der Waals surface area contributed by atoms with Gasteiger partial charge in [0.15, 0.2) is 0 Å². The highest BCUT2D eigenvalue weighted by molar-refractivity contribution is 5.99. The van der Waals surface area contributed by atoms with Crippen LogP contribution in [0.1, 0.15) is 23.2 Å². The highest BCUT2D eigenvalue weighted by atomic mass is 19.1. The maximum absolute atomic E-state index is 13.1. The minimum atomic E-state index is -0.537. The van der Waals surface area contributed by atoms with Gasteiger partial charge in [-0.1, -0.05) is 6.07 Å². The first-order valence-electron chi connectivity index (χ1n) is 4.92. The maximum Gasteiger partial charge on any atom is 0.256 e. The normalized spacial score (nSPS) is 15.1. The standard InChI is InChI=1S/C11H13FN2O/c1-14(7-5-6-7)11(15)8-3-2-4-9(12)10(8)13/h2-4,7H,5-6,13H2,1H3. The molecule has 0 saturated heterocycles. The van der Waals surface area contributed by atoms with Gasteiger partial charge in [-0.05, 0) is 25.0 Å². The molecule has 2 N–H and O–H groups in total. The molecule has 1 fully saturated rings. The summed E-state index contributed by atoms with van der Waals surface area (Å²) in [6.45, 7) is 0. The number of hydrogen-bond donors (Lipinski definition) is 1. The van der Waals surface area contributed by atoms with Crippen molar-refractivity contribution in [3.63, 3.8) is 0 Å². The number of carbonyl (C=O) groups excluding carboxylic acids is 1. The van der Waals surface area contributed by atoms with Crippen LogP contribution in [-0.4, -0.2) is 23.9 Å². The molecule has 80 valence electrons. The molecule has 1 aliphatic rings. The van der Waals surface area contributed by atoms with Gasteiger partial charge in [-0.15, -0.1) is 0 Å². The van der Waals surface area contributed by atoms with Crippen molar-refractivity contribution in [3.8, 4) is 0 Å². The largest absolute Gasteiger partial charge is 0.396 e. The van der Waals surface area contributed by atoms with Crippen LogP contribution in [0.5, 0.6) is 0 Å².